The third-order valence-corrected chi connectivity index (χ3v) is 5.88. The lowest BCUT2D eigenvalue weighted by Crippen LogP contribution is -2.38. The van der Waals surface area contributed by atoms with E-state index in [1.807, 2.05) is 30.3 Å². The Balaban J connectivity index is 1.17. The van der Waals surface area contributed by atoms with Crippen molar-refractivity contribution in [1.29, 1.82) is 0 Å². The first kappa shape index (κ1) is 23.0. The maximum Gasteiger partial charge on any atom is 0.293 e. The van der Waals surface area contributed by atoms with E-state index in [4.69, 9.17) is 44.3 Å². The summed E-state index contributed by atoms with van der Waals surface area (Å²) >= 11 is 17.5. The molecule has 3 aromatic heterocycles. The molecule has 0 spiro atoms. The number of furan rings is 1. The second kappa shape index (κ2) is 9.87. The summed E-state index contributed by atoms with van der Waals surface area (Å²) in [4.78, 5) is 21.1. The van der Waals surface area contributed by atoms with Gasteiger partial charge in [0, 0.05) is 28.9 Å². The number of hydrogen-bond donors (Lipinski definition) is 2. The van der Waals surface area contributed by atoms with Crippen molar-refractivity contribution < 1.29 is 13.6 Å². The molecule has 0 radical (unpaired) electrons. The fourth-order valence-corrected chi connectivity index (χ4v) is 3.89. The van der Waals surface area contributed by atoms with E-state index in [0.717, 1.165) is 11.1 Å². The molecular weight excluding hydrogens is 507 g/mol. The molecule has 1 amide bonds. The lowest BCUT2D eigenvalue weighted by atomic mass is 10.1. The molecule has 35 heavy (non-hydrogen) atoms. The van der Waals surface area contributed by atoms with Crippen LogP contribution in [0.1, 0.15) is 16.1 Å². The number of halogens is 2. The molecule has 0 bridgehead atoms. The molecule has 0 saturated carbocycles. The quantitative estimate of drug-likeness (QED) is 0.263. The molecule has 174 valence electrons. The van der Waals surface area contributed by atoms with Crippen LogP contribution >= 0.6 is 35.4 Å². The predicted molar refractivity (Wildman–Crippen MR) is 138 cm³/mol. The predicted octanol–water partition coefficient (Wildman–Crippen LogP) is 6.26. The minimum Gasteiger partial charge on any atom is -0.451 e. The number of oxazole rings is 1. The van der Waals surface area contributed by atoms with Crippen molar-refractivity contribution in [3.63, 3.8) is 0 Å². The van der Waals surface area contributed by atoms with Gasteiger partial charge < -0.3 is 14.2 Å². The van der Waals surface area contributed by atoms with E-state index >= 15 is 0 Å². The number of fused-ring (bicyclic) bond motifs is 1. The minimum atomic E-state index is -0.480. The normalized spacial score (nSPS) is 10.9. The van der Waals surface area contributed by atoms with Gasteiger partial charge in [0.15, 0.2) is 22.1 Å². The molecule has 0 unspecified atom stereocenters. The summed E-state index contributed by atoms with van der Waals surface area (Å²) in [7, 11) is 0. The maximum atomic E-state index is 12.5. The van der Waals surface area contributed by atoms with E-state index in [9.17, 15) is 4.79 Å². The zero-order chi connectivity index (χ0) is 24.4. The van der Waals surface area contributed by atoms with Gasteiger partial charge in [0.1, 0.15) is 5.76 Å². The van der Waals surface area contributed by atoms with Crippen LogP contribution in [-0.2, 0) is 6.54 Å². The highest BCUT2D eigenvalue weighted by molar-refractivity contribution is 7.80. The zero-order valence-corrected chi connectivity index (χ0v) is 20.2. The first-order chi connectivity index (χ1) is 17.0. The van der Waals surface area contributed by atoms with Crippen LogP contribution in [0, 0.1) is 0 Å². The smallest absolute Gasteiger partial charge is 0.293 e. The largest absolute Gasteiger partial charge is 0.451 e. The average molecular weight is 523 g/mol. The molecule has 0 aliphatic carbocycles. The van der Waals surface area contributed by atoms with Crippen LogP contribution in [0.2, 0.25) is 10.0 Å². The van der Waals surface area contributed by atoms with E-state index in [0.29, 0.717) is 45.0 Å². The summed E-state index contributed by atoms with van der Waals surface area (Å²) in [5.74, 6) is 0.540. The van der Waals surface area contributed by atoms with Gasteiger partial charge in [0.25, 0.3) is 5.91 Å². The Morgan fingerprint density at radius 2 is 1.83 bits per heavy atom. The van der Waals surface area contributed by atoms with Crippen LogP contribution in [0.3, 0.4) is 0 Å². The maximum absolute atomic E-state index is 12.5. The number of thiocarbonyl (C=S) groups is 1. The lowest BCUT2D eigenvalue weighted by Gasteiger charge is -2.09. The van der Waals surface area contributed by atoms with Crippen LogP contribution in [0.4, 0.5) is 0 Å². The van der Waals surface area contributed by atoms with Crippen LogP contribution in [0.15, 0.2) is 81.8 Å². The Morgan fingerprint density at radius 3 is 2.63 bits per heavy atom. The Hall–Kier alpha value is -3.72. The first-order valence-corrected chi connectivity index (χ1v) is 11.6. The van der Waals surface area contributed by atoms with E-state index in [2.05, 4.69) is 20.6 Å². The first-order valence-electron chi connectivity index (χ1n) is 10.4. The van der Waals surface area contributed by atoms with Crippen LogP contribution in [0.25, 0.3) is 34.0 Å². The highest BCUT2D eigenvalue weighted by Crippen LogP contribution is 2.31. The molecule has 0 atom stereocenters. The number of rotatable bonds is 5. The zero-order valence-electron chi connectivity index (χ0n) is 17.9. The molecule has 0 fully saturated rings. The summed E-state index contributed by atoms with van der Waals surface area (Å²) < 4.78 is 11.4. The van der Waals surface area contributed by atoms with Crippen molar-refractivity contribution in [3.8, 4) is 22.8 Å². The third kappa shape index (κ3) is 5.19. The van der Waals surface area contributed by atoms with Gasteiger partial charge in [-0.15, -0.1) is 0 Å². The molecule has 0 aliphatic rings. The molecule has 3 heterocycles. The van der Waals surface area contributed by atoms with Gasteiger partial charge in [-0.25, -0.2) is 4.98 Å². The number of carbonyl (C=O) groups is 1. The van der Waals surface area contributed by atoms with Crippen molar-refractivity contribution in [3.05, 3.63) is 94.3 Å². The fourth-order valence-electron chi connectivity index (χ4n) is 3.34. The van der Waals surface area contributed by atoms with Crippen LogP contribution in [0.5, 0.6) is 0 Å². The van der Waals surface area contributed by atoms with Gasteiger partial charge in [0.05, 0.1) is 5.02 Å². The molecule has 2 aromatic carbocycles. The van der Waals surface area contributed by atoms with Crippen LogP contribution in [-0.4, -0.2) is 21.0 Å². The lowest BCUT2D eigenvalue weighted by molar-refractivity contribution is 0.0950. The summed E-state index contributed by atoms with van der Waals surface area (Å²) in [6.45, 7) is 0.413. The molecular formula is C25H16Cl2N4O3S. The Morgan fingerprint density at radius 1 is 1.00 bits per heavy atom. The fraction of sp³-hybridized carbons (Fsp3) is 0.0400. The number of carbonyl (C=O) groups excluding carboxylic acids is 1. The minimum absolute atomic E-state index is 0.0948. The Labute approximate surface area is 215 Å². The van der Waals surface area contributed by atoms with Crippen molar-refractivity contribution >= 4 is 57.7 Å². The number of pyridine rings is 1. The van der Waals surface area contributed by atoms with Gasteiger partial charge in [-0.3, -0.25) is 10.1 Å². The Bertz CT molecular complexity index is 1510. The monoisotopic (exact) mass is 522 g/mol. The molecule has 5 rings (SSSR count). The van der Waals surface area contributed by atoms with Crippen molar-refractivity contribution in [2.75, 3.05) is 0 Å². The van der Waals surface area contributed by atoms with E-state index in [1.54, 1.807) is 42.6 Å². The van der Waals surface area contributed by atoms with Crippen molar-refractivity contribution in [2.45, 2.75) is 6.54 Å². The highest BCUT2D eigenvalue weighted by Gasteiger charge is 2.15. The number of nitrogens with zero attached hydrogens (tertiary/aromatic N) is 2. The number of aromatic nitrogens is 2. The van der Waals surface area contributed by atoms with Gasteiger partial charge in [-0.1, -0.05) is 35.3 Å². The number of amides is 1. The Kier molecular flexibility index (Phi) is 6.50. The van der Waals surface area contributed by atoms with Gasteiger partial charge in [0.2, 0.25) is 5.89 Å². The number of nitrogens with one attached hydrogen (secondary N) is 2. The van der Waals surface area contributed by atoms with Gasteiger partial charge >= 0.3 is 0 Å². The third-order valence-electron chi connectivity index (χ3n) is 5.07. The second-order valence-electron chi connectivity index (χ2n) is 7.47. The topological polar surface area (TPSA) is 93.2 Å². The average Bonchev–Trinajstić information content (AvgIpc) is 3.52. The highest BCUT2D eigenvalue weighted by atomic mass is 35.5. The molecule has 2 N–H and O–H groups in total. The number of hydrogen-bond acceptors (Lipinski definition) is 6. The van der Waals surface area contributed by atoms with Crippen molar-refractivity contribution in [2.24, 2.45) is 0 Å². The van der Waals surface area contributed by atoms with E-state index in [-0.39, 0.29) is 10.9 Å². The second-order valence-corrected chi connectivity index (χ2v) is 8.72. The summed E-state index contributed by atoms with van der Waals surface area (Å²) in [6, 6.07) is 19.5. The van der Waals surface area contributed by atoms with Gasteiger partial charge in [-0.05, 0) is 72.4 Å². The summed E-state index contributed by atoms with van der Waals surface area (Å²) in [5.41, 5.74) is 3.57. The van der Waals surface area contributed by atoms with Crippen LogP contribution < -0.4 is 10.6 Å². The SMILES string of the molecule is O=C(NC(=S)NCc1ccc(-c2nc3ncccc3o2)cc1)c1ccc(-c2cc(Cl)ccc2Cl)o1. The molecule has 7 nitrogen and oxygen atoms in total. The molecule has 0 aliphatic heterocycles. The van der Waals surface area contributed by atoms with E-state index in [1.165, 1.54) is 0 Å². The molecule has 10 heteroatoms. The standard InChI is InChI=1S/C25H16Cl2N4O3S/c26-16-7-8-18(27)17(12-16)19-9-10-21(33-19)23(32)31-25(35)29-13-14-3-5-15(6-4-14)24-30-22-20(34-24)2-1-11-28-22/h1-12H,13H2,(H2,29,31,32,35). The molecule has 0 saturated heterocycles. The molecule has 5 aromatic rings. The van der Waals surface area contributed by atoms with Gasteiger partial charge in [-0.2, -0.15) is 4.98 Å². The van der Waals surface area contributed by atoms with E-state index < -0.39 is 5.91 Å². The van der Waals surface area contributed by atoms with Crippen molar-refractivity contribution in [1.82, 2.24) is 20.6 Å². The number of benzene rings is 2. The summed E-state index contributed by atoms with van der Waals surface area (Å²) in [5, 5.41) is 6.76. The summed E-state index contributed by atoms with van der Waals surface area (Å²) in [6.07, 6.45) is 1.67.